The predicted octanol–water partition coefficient (Wildman–Crippen LogP) is 5.01. The maximum Gasteiger partial charge on any atom is 0.138 e. The van der Waals surface area contributed by atoms with Crippen LogP contribution in [0, 0.1) is 0 Å². The van der Waals surface area contributed by atoms with Crippen LogP contribution < -0.4 is 9.47 Å². The molecule has 0 spiro atoms. The average molecular weight is 345 g/mol. The summed E-state index contributed by atoms with van der Waals surface area (Å²) in [5, 5.41) is 0.460. The van der Waals surface area contributed by atoms with E-state index in [4.69, 9.17) is 44.3 Å². The molecule has 0 unspecified atom stereocenters. The van der Waals surface area contributed by atoms with Gasteiger partial charge in [-0.2, -0.15) is 0 Å². The number of pyridine rings is 1. The number of nitrogens with zero attached hydrogens (tertiary/aromatic N) is 1. The Morgan fingerprint density at radius 1 is 1.10 bits per heavy atom. The van der Waals surface area contributed by atoms with Crippen LogP contribution in [0.5, 0.6) is 11.5 Å². The molecule has 0 bridgehead atoms. The summed E-state index contributed by atoms with van der Waals surface area (Å²) in [6.45, 7) is 0.697. The minimum atomic E-state index is 0.156. The molecule has 1 aromatic carbocycles. The summed E-state index contributed by atoms with van der Waals surface area (Å²) in [5.74, 6) is 1.20. The predicted molar refractivity (Wildman–Crippen MR) is 85.3 cm³/mol. The van der Waals surface area contributed by atoms with Gasteiger partial charge in [0.25, 0.3) is 0 Å². The second kappa shape index (κ2) is 8.13. The molecule has 1 heterocycles. The number of benzene rings is 1. The first-order valence-electron chi connectivity index (χ1n) is 6.10. The first-order valence-corrected chi connectivity index (χ1v) is 7.24. The highest BCUT2D eigenvalue weighted by Crippen LogP contribution is 2.29. The first-order chi connectivity index (χ1) is 10.1. The van der Waals surface area contributed by atoms with Crippen molar-refractivity contribution in [3.63, 3.8) is 0 Å². The van der Waals surface area contributed by atoms with Gasteiger partial charge in [0, 0.05) is 18.5 Å². The first kappa shape index (κ1) is 16.0. The summed E-state index contributed by atoms with van der Waals surface area (Å²) in [6, 6.07) is 9.00. The van der Waals surface area contributed by atoms with Gasteiger partial charge in [0.1, 0.15) is 29.2 Å². The Bertz CT molecular complexity index is 614. The maximum atomic E-state index is 6.12. The van der Waals surface area contributed by atoms with E-state index in [9.17, 15) is 0 Å². The van der Waals surface area contributed by atoms with Crippen molar-refractivity contribution in [2.75, 3.05) is 6.61 Å². The van der Waals surface area contributed by atoms with Crippen molar-refractivity contribution in [1.29, 1.82) is 0 Å². The SMILES string of the molecule is ClC(Cl)=CCOc1ccc(OCc2ccncc2)cc1Cl. The third-order valence-corrected chi connectivity index (χ3v) is 3.14. The molecular weight excluding hydrogens is 333 g/mol. The fourth-order valence-electron chi connectivity index (χ4n) is 1.53. The van der Waals surface area contributed by atoms with Crippen molar-refractivity contribution >= 4 is 34.8 Å². The molecule has 21 heavy (non-hydrogen) atoms. The van der Waals surface area contributed by atoms with E-state index in [1.54, 1.807) is 30.6 Å². The third kappa shape index (κ3) is 5.46. The van der Waals surface area contributed by atoms with Gasteiger partial charge in [-0.05, 0) is 35.9 Å². The minimum Gasteiger partial charge on any atom is -0.489 e. The van der Waals surface area contributed by atoms with Crippen LogP contribution in [-0.4, -0.2) is 11.6 Å². The second-order valence-electron chi connectivity index (χ2n) is 4.04. The van der Waals surface area contributed by atoms with Crippen LogP contribution in [0.3, 0.4) is 0 Å². The van der Waals surface area contributed by atoms with Crippen molar-refractivity contribution in [3.05, 3.63) is 63.9 Å². The summed E-state index contributed by atoms with van der Waals surface area (Å²) in [7, 11) is 0. The van der Waals surface area contributed by atoms with Crippen molar-refractivity contribution in [1.82, 2.24) is 4.98 Å². The number of hydrogen-bond donors (Lipinski definition) is 0. The van der Waals surface area contributed by atoms with E-state index in [1.807, 2.05) is 12.1 Å². The molecule has 3 nitrogen and oxygen atoms in total. The average Bonchev–Trinajstić information content (AvgIpc) is 2.48. The molecule has 0 amide bonds. The molecule has 2 rings (SSSR count). The number of halogens is 3. The lowest BCUT2D eigenvalue weighted by Gasteiger charge is -2.09. The summed E-state index contributed by atoms with van der Waals surface area (Å²) in [5.41, 5.74) is 1.03. The summed E-state index contributed by atoms with van der Waals surface area (Å²) in [6.07, 6.45) is 4.98. The van der Waals surface area contributed by atoms with E-state index in [0.29, 0.717) is 23.1 Å². The monoisotopic (exact) mass is 343 g/mol. The summed E-state index contributed by atoms with van der Waals surface area (Å²) >= 11 is 17.1. The topological polar surface area (TPSA) is 31.4 Å². The molecule has 110 valence electrons. The fourth-order valence-corrected chi connectivity index (χ4v) is 1.88. The number of aromatic nitrogens is 1. The molecular formula is C15H12Cl3NO2. The van der Waals surface area contributed by atoms with Crippen LogP contribution in [0.2, 0.25) is 5.02 Å². The minimum absolute atomic E-state index is 0.156. The van der Waals surface area contributed by atoms with Gasteiger partial charge in [-0.25, -0.2) is 0 Å². The fraction of sp³-hybridized carbons (Fsp3) is 0.133. The molecule has 1 aromatic heterocycles. The van der Waals surface area contributed by atoms with Crippen molar-refractivity contribution in [2.24, 2.45) is 0 Å². The van der Waals surface area contributed by atoms with Gasteiger partial charge in [-0.1, -0.05) is 34.8 Å². The molecule has 0 aliphatic carbocycles. The van der Waals surface area contributed by atoms with E-state index >= 15 is 0 Å². The molecule has 0 fully saturated rings. The second-order valence-corrected chi connectivity index (χ2v) is 5.46. The molecule has 0 radical (unpaired) electrons. The lowest BCUT2D eigenvalue weighted by atomic mass is 10.3. The zero-order chi connectivity index (χ0) is 15.1. The van der Waals surface area contributed by atoms with Crippen LogP contribution in [-0.2, 0) is 6.61 Å². The Hall–Kier alpha value is -1.42. The van der Waals surface area contributed by atoms with E-state index in [-0.39, 0.29) is 11.1 Å². The molecule has 0 aliphatic rings. The van der Waals surface area contributed by atoms with Crippen LogP contribution in [0.25, 0.3) is 0 Å². The van der Waals surface area contributed by atoms with Gasteiger partial charge >= 0.3 is 0 Å². The van der Waals surface area contributed by atoms with E-state index in [1.165, 1.54) is 6.08 Å². The van der Waals surface area contributed by atoms with Gasteiger partial charge < -0.3 is 9.47 Å². The Morgan fingerprint density at radius 3 is 2.52 bits per heavy atom. The van der Waals surface area contributed by atoms with E-state index < -0.39 is 0 Å². The lowest BCUT2D eigenvalue weighted by molar-refractivity contribution is 0.304. The zero-order valence-electron chi connectivity index (χ0n) is 10.9. The van der Waals surface area contributed by atoms with Gasteiger partial charge in [-0.15, -0.1) is 0 Å². The third-order valence-electron chi connectivity index (χ3n) is 2.53. The summed E-state index contributed by atoms with van der Waals surface area (Å²) in [4.78, 5) is 3.95. The molecule has 6 heteroatoms. The number of rotatable bonds is 6. The molecule has 0 atom stereocenters. The number of hydrogen-bond acceptors (Lipinski definition) is 3. The van der Waals surface area contributed by atoms with Crippen molar-refractivity contribution in [2.45, 2.75) is 6.61 Å². The Balaban J connectivity index is 1.94. The normalized spacial score (nSPS) is 10.0. The molecule has 0 aliphatic heterocycles. The van der Waals surface area contributed by atoms with Crippen LogP contribution in [0.15, 0.2) is 53.3 Å². The quantitative estimate of drug-likeness (QED) is 0.738. The molecule has 0 saturated carbocycles. The lowest BCUT2D eigenvalue weighted by Crippen LogP contribution is -1.97. The van der Waals surface area contributed by atoms with Crippen LogP contribution in [0.4, 0.5) is 0 Å². The van der Waals surface area contributed by atoms with Crippen molar-refractivity contribution in [3.8, 4) is 11.5 Å². The number of ether oxygens (including phenoxy) is 2. The Morgan fingerprint density at radius 2 is 1.86 bits per heavy atom. The Kier molecular flexibility index (Phi) is 6.18. The largest absolute Gasteiger partial charge is 0.489 e. The smallest absolute Gasteiger partial charge is 0.138 e. The highest BCUT2D eigenvalue weighted by atomic mass is 35.5. The van der Waals surface area contributed by atoms with Gasteiger partial charge in [-0.3, -0.25) is 4.98 Å². The standard InChI is InChI=1S/C15H12Cl3NO2/c16-13-9-12(21-10-11-3-6-19-7-4-11)1-2-14(13)20-8-5-15(17)18/h1-7,9H,8,10H2. The Labute approximate surface area is 138 Å². The summed E-state index contributed by atoms with van der Waals surface area (Å²) < 4.78 is 11.2. The maximum absolute atomic E-state index is 6.12. The van der Waals surface area contributed by atoms with Crippen LogP contribution in [0.1, 0.15) is 5.56 Å². The van der Waals surface area contributed by atoms with E-state index in [2.05, 4.69) is 4.98 Å². The highest BCUT2D eigenvalue weighted by Gasteiger charge is 2.04. The highest BCUT2D eigenvalue weighted by molar-refractivity contribution is 6.55. The van der Waals surface area contributed by atoms with E-state index in [0.717, 1.165) is 5.56 Å². The molecule has 0 N–H and O–H groups in total. The van der Waals surface area contributed by atoms with Gasteiger partial charge in [0.15, 0.2) is 0 Å². The molecule has 2 aromatic rings. The van der Waals surface area contributed by atoms with Gasteiger partial charge in [0.2, 0.25) is 0 Å². The van der Waals surface area contributed by atoms with Crippen LogP contribution >= 0.6 is 34.8 Å². The van der Waals surface area contributed by atoms with Gasteiger partial charge in [0.05, 0.1) is 5.02 Å². The zero-order valence-corrected chi connectivity index (χ0v) is 13.2. The molecule has 0 saturated heterocycles. The van der Waals surface area contributed by atoms with Crippen molar-refractivity contribution < 1.29 is 9.47 Å².